The fourth-order valence-electron chi connectivity index (χ4n) is 15.3. The molecule has 0 saturated carbocycles. The third kappa shape index (κ3) is 23.5. The van der Waals surface area contributed by atoms with E-state index in [9.17, 15) is 177 Å². The largest absolute Gasteiger partial charge is 0.477 e. The average molecular weight is 1800 g/mol. The SMILES string of the molecule is CC(=O)N[C@H]1[C@H](OC[C@H]2O[C@@H](O[C@@H]([C@H](O)[C@@H](O)CO)[C@H](O)CO)[C@H](O)[C@@H](O[C@@H]3O[C@H](CO)[C@@H](O[C@@H]4O[C@@H](C)[C@@H](O)[C@@H](O)[C@@H]4O)[C@H](O[C@@H]4O[C@H](CO)[C@H](O)[C@H](O[C@]5(C(=O)O)C[C@H](O)[C@@H](NC(C)=O)[C@H]([C@H](O)[C@H](O)CO)O5)[C@H]4O)[C@H]3NC(C)=O)[C@H]2O)O[C@H](CO)[C@@H](O[C@@H]2O[C@H](CO[C@]3(C(=O)O)C[C@H](O)[C@@H](NC(C)=O)[C@H]([C@H](O)[C@H](O)CO)O3)[C@H](O)[C@H](O)[C@H]2O)[C@@H]1O. The Hall–Kier alpha value is -4.90. The molecule has 33 N–H and O–H groups in total. The van der Waals surface area contributed by atoms with Crippen molar-refractivity contribution in [3.05, 3.63) is 0 Å². The summed E-state index contributed by atoms with van der Waals surface area (Å²) in [5.41, 5.74) is 0. The molecule has 8 aliphatic heterocycles. The summed E-state index contributed by atoms with van der Waals surface area (Å²) < 4.78 is 94.7. The average Bonchev–Trinajstić information content (AvgIpc) is 0.753. The summed E-state index contributed by atoms with van der Waals surface area (Å²) in [5.74, 6) is -14.7. The molecule has 0 aliphatic carbocycles. The van der Waals surface area contributed by atoms with Gasteiger partial charge >= 0.3 is 11.9 Å². The molecule has 8 fully saturated rings. The predicted molar refractivity (Wildman–Crippen MR) is 379 cm³/mol. The first-order chi connectivity index (χ1) is 57.7. The first-order valence-electron chi connectivity index (χ1n) is 38.7. The Kier molecular flexibility index (Phi) is 37.5. The van der Waals surface area contributed by atoms with E-state index in [-0.39, 0.29) is 0 Å². The highest BCUT2D eigenvalue weighted by Gasteiger charge is 2.64. The molecule has 0 radical (unpaired) electrons. The standard InChI is InChI=1S/C68H114N4O51/c1-17-37(90)45(98)47(100)61(110-17)118-53-30(14-79)113-60(36(72-21(5)83)56(53)119-64-50(103)58(42(95)28(12-77)111-64)123-68(66(106)107)7-23(85)34(70-19(3)81)55(122-68)40(93)26(88)10-75)120-57-43(96)31(114-63(49(57)102)116-51(27(89)11-76)38(91)24(86)8-73)15-108-59-35(71-20(4)82)44(97)52(29(13-78)112-59)117-62-48(101)46(99)41(94)32(115-62)16-109-67(65(104)105)6-22(84)33(69-18(2)80)54(121-67)39(92)25(87)9-74/h17,22-64,73-79,84-103H,6-16H2,1-5H3,(H,69,80)(H,70,81)(H,71,82)(H,72,83)(H,104,105)(H,106,107)/t17-,22-,23-,24-,25+,26+,27+,28+,29+,30+,31+,32+,33+,34+,35+,36+,37+,38+,39+,40+,41-,42-,43-,44+,45+,46-,47-,48+,49+,50+,51+,52+,53+,54+,55+,56+,57-,58-,59+,60-,61-,62-,63-,64-,67+,68-/m0/s1. The molecule has 712 valence electrons. The number of carboxylic acid groups (broad SMARTS) is 2. The van der Waals surface area contributed by atoms with Crippen LogP contribution < -0.4 is 21.3 Å². The molecule has 0 aromatic carbocycles. The van der Waals surface area contributed by atoms with Crippen molar-refractivity contribution in [3.8, 4) is 0 Å². The zero-order valence-electron chi connectivity index (χ0n) is 66.1. The Morgan fingerprint density at radius 1 is 0.374 bits per heavy atom. The van der Waals surface area contributed by atoms with E-state index in [4.69, 9.17) is 75.8 Å². The van der Waals surface area contributed by atoms with Crippen LogP contribution in [0.1, 0.15) is 47.5 Å². The van der Waals surface area contributed by atoms with Gasteiger partial charge in [0.15, 0.2) is 37.7 Å². The van der Waals surface area contributed by atoms with Crippen molar-refractivity contribution in [1.82, 2.24) is 21.3 Å². The van der Waals surface area contributed by atoms with E-state index >= 15 is 0 Å². The summed E-state index contributed by atoms with van der Waals surface area (Å²) in [5, 5.41) is 329. The molecule has 55 heteroatoms. The molecule has 46 atom stereocenters. The zero-order valence-corrected chi connectivity index (χ0v) is 66.1. The third-order valence-corrected chi connectivity index (χ3v) is 21.9. The van der Waals surface area contributed by atoms with E-state index in [1.165, 1.54) is 6.92 Å². The van der Waals surface area contributed by atoms with Crippen LogP contribution in [0.4, 0.5) is 0 Å². The maximum Gasteiger partial charge on any atom is 0.364 e. The van der Waals surface area contributed by atoms with Crippen LogP contribution in [0.5, 0.6) is 0 Å². The molecule has 0 bridgehead atoms. The first kappa shape index (κ1) is 103. The molecule has 8 rings (SSSR count). The van der Waals surface area contributed by atoms with Crippen molar-refractivity contribution in [2.24, 2.45) is 0 Å². The summed E-state index contributed by atoms with van der Waals surface area (Å²) in [6, 6.07) is -7.77. The van der Waals surface area contributed by atoms with E-state index in [0.29, 0.717) is 0 Å². The molecular weight excluding hydrogens is 1690 g/mol. The number of carboxylic acids is 2. The molecule has 0 unspecified atom stereocenters. The van der Waals surface area contributed by atoms with Crippen molar-refractivity contribution in [1.29, 1.82) is 0 Å². The lowest BCUT2D eigenvalue weighted by atomic mass is 9.88. The smallest absolute Gasteiger partial charge is 0.364 e. The van der Waals surface area contributed by atoms with Gasteiger partial charge in [-0.15, -0.1) is 0 Å². The van der Waals surface area contributed by atoms with Crippen LogP contribution in [-0.2, 0) is 105 Å². The minimum absolute atomic E-state index is 0.819. The molecule has 4 amide bonds. The second-order valence-electron chi connectivity index (χ2n) is 30.8. The lowest BCUT2D eigenvalue weighted by Gasteiger charge is -2.52. The number of aliphatic carboxylic acids is 2. The molecular formula is C68H114N4O51. The first-order valence-corrected chi connectivity index (χ1v) is 38.7. The number of hydrogen-bond donors (Lipinski definition) is 33. The summed E-state index contributed by atoms with van der Waals surface area (Å²) in [4.78, 5) is 77.8. The Morgan fingerprint density at radius 2 is 0.772 bits per heavy atom. The quantitative estimate of drug-likeness (QED) is 0.0273. The number of amides is 4. The second kappa shape index (κ2) is 44.6. The third-order valence-electron chi connectivity index (χ3n) is 21.9. The predicted octanol–water partition coefficient (Wildman–Crippen LogP) is -21.0. The zero-order chi connectivity index (χ0) is 91.8. The minimum Gasteiger partial charge on any atom is -0.477 e. The van der Waals surface area contributed by atoms with Crippen LogP contribution >= 0.6 is 0 Å². The Morgan fingerprint density at radius 3 is 1.28 bits per heavy atom. The molecule has 0 spiro atoms. The number of nitrogens with one attached hydrogen (secondary N) is 4. The van der Waals surface area contributed by atoms with Crippen LogP contribution in [-0.4, -0.2) is 524 Å². The van der Waals surface area contributed by atoms with Gasteiger partial charge < -0.3 is 245 Å². The molecule has 123 heavy (non-hydrogen) atoms. The number of carbonyl (C=O) groups excluding carboxylic acids is 4. The number of carbonyl (C=O) groups is 6. The maximum absolute atomic E-state index is 13.7. The second-order valence-corrected chi connectivity index (χ2v) is 30.8. The van der Waals surface area contributed by atoms with Crippen molar-refractivity contribution in [2.45, 2.75) is 328 Å². The highest BCUT2D eigenvalue weighted by molar-refractivity contribution is 5.78. The minimum atomic E-state index is -3.41. The van der Waals surface area contributed by atoms with Gasteiger partial charge in [-0.05, 0) is 6.92 Å². The van der Waals surface area contributed by atoms with Gasteiger partial charge in [0.2, 0.25) is 23.6 Å². The maximum atomic E-state index is 13.7. The molecule has 55 nitrogen and oxygen atoms in total. The van der Waals surface area contributed by atoms with E-state index in [0.717, 1.165) is 27.7 Å². The lowest BCUT2D eigenvalue weighted by molar-refractivity contribution is -0.398. The number of aliphatic hydroxyl groups is 27. The van der Waals surface area contributed by atoms with E-state index in [2.05, 4.69) is 21.3 Å². The fourth-order valence-corrected chi connectivity index (χ4v) is 15.3. The van der Waals surface area contributed by atoms with Crippen molar-refractivity contribution in [3.63, 3.8) is 0 Å². The molecule has 8 aliphatic rings. The van der Waals surface area contributed by atoms with Gasteiger partial charge in [-0.1, -0.05) is 0 Å². The van der Waals surface area contributed by atoms with E-state index in [1.807, 2.05) is 0 Å². The summed E-state index contributed by atoms with van der Waals surface area (Å²) in [6.07, 6.45) is -93.0. The molecule has 8 saturated heterocycles. The normalized spacial score (nSPS) is 43.9. The van der Waals surface area contributed by atoms with Gasteiger partial charge in [0.05, 0.1) is 89.9 Å². The Bertz CT molecular complexity index is 3380. The van der Waals surface area contributed by atoms with E-state index in [1.54, 1.807) is 0 Å². The Balaban J connectivity index is 1.13. The lowest BCUT2D eigenvalue weighted by Crippen LogP contribution is -2.72. The van der Waals surface area contributed by atoms with Crippen molar-refractivity contribution >= 4 is 35.6 Å². The monoisotopic (exact) mass is 1800 g/mol. The fraction of sp³-hybridized carbons (Fsp3) is 0.912. The van der Waals surface area contributed by atoms with Gasteiger partial charge in [-0.3, -0.25) is 19.2 Å². The Labute approximate surface area is 695 Å². The van der Waals surface area contributed by atoms with E-state index < -0.39 is 389 Å². The summed E-state index contributed by atoms with van der Waals surface area (Å²) in [7, 11) is 0. The molecule has 0 aromatic heterocycles. The van der Waals surface area contributed by atoms with Crippen LogP contribution in [0, 0.1) is 0 Å². The topological polar surface area (TPSA) is 885 Å². The number of rotatable bonds is 38. The van der Waals surface area contributed by atoms with Gasteiger partial charge in [-0.25, -0.2) is 9.59 Å². The highest BCUT2D eigenvalue weighted by atomic mass is 16.8. The van der Waals surface area contributed by atoms with Crippen molar-refractivity contribution in [2.75, 3.05) is 59.5 Å². The van der Waals surface area contributed by atoms with Gasteiger partial charge in [-0.2, -0.15) is 0 Å². The van der Waals surface area contributed by atoms with Gasteiger partial charge in [0.25, 0.3) is 11.6 Å². The summed E-state index contributed by atoms with van der Waals surface area (Å²) >= 11 is 0. The van der Waals surface area contributed by atoms with Crippen molar-refractivity contribution < 1.29 is 253 Å². The number of aliphatic hydroxyl groups excluding tert-OH is 27. The summed E-state index contributed by atoms with van der Waals surface area (Å²) in [6.45, 7) is -6.67. The number of ether oxygens (including phenoxy) is 16. The van der Waals surface area contributed by atoms with Crippen LogP contribution in [0.15, 0.2) is 0 Å². The highest BCUT2D eigenvalue weighted by Crippen LogP contribution is 2.43. The number of hydrogen-bond acceptors (Lipinski definition) is 49. The van der Waals surface area contributed by atoms with Gasteiger partial charge in [0, 0.05) is 40.5 Å². The molecule has 8 heterocycles. The van der Waals surface area contributed by atoms with Crippen LogP contribution in [0.25, 0.3) is 0 Å². The molecule has 0 aromatic rings. The van der Waals surface area contributed by atoms with Gasteiger partial charge in [0.1, 0.15) is 201 Å². The van der Waals surface area contributed by atoms with Crippen LogP contribution in [0.2, 0.25) is 0 Å². The van der Waals surface area contributed by atoms with Crippen LogP contribution in [0.3, 0.4) is 0 Å².